The molecule has 1 aliphatic rings. The highest BCUT2D eigenvalue weighted by molar-refractivity contribution is 7.95. The van der Waals surface area contributed by atoms with Crippen LogP contribution in [0.4, 0.5) is 5.82 Å². The minimum Gasteiger partial charge on any atom is -0.253 e. The first-order valence-electron chi connectivity index (χ1n) is 7.88. The van der Waals surface area contributed by atoms with E-state index in [1.165, 1.54) is 9.71 Å². The Morgan fingerprint density at radius 1 is 0.840 bits per heavy atom. The molecule has 0 N–H and O–H groups in total. The maximum absolute atomic E-state index is 12.6. The largest absolute Gasteiger partial charge is 0.259 e. The summed E-state index contributed by atoms with van der Waals surface area (Å²) in [6, 6.07) is 19.4. The van der Waals surface area contributed by atoms with Crippen molar-refractivity contribution >= 4 is 21.4 Å². The quantitative estimate of drug-likeness (QED) is 0.712. The average molecular weight is 351 g/mol. The Kier molecular flexibility index (Phi) is 3.51. The second-order valence-corrected chi connectivity index (χ2v) is 7.76. The first-order chi connectivity index (χ1) is 12.0. The number of hydrogen-bond donors (Lipinski definition) is 0. The summed E-state index contributed by atoms with van der Waals surface area (Å²) in [6.07, 6.45) is 0. The molecule has 0 radical (unpaired) electrons. The van der Waals surface area contributed by atoms with Crippen molar-refractivity contribution in [1.82, 2.24) is 9.78 Å². The lowest BCUT2D eigenvalue weighted by Crippen LogP contribution is -2.30. The molecule has 0 amide bonds. The highest BCUT2D eigenvalue weighted by Gasteiger charge is 2.34. The minimum absolute atomic E-state index is 0.570. The standard InChI is InChI=1S/C19H17N3O2S/c1-21-19-17(18(20-21)15-11-7-4-8-12-15)16(13-25(23,24)22(19)2)14-9-5-3-6-10-14/h3-13H,1-2H3. The summed E-state index contributed by atoms with van der Waals surface area (Å²) in [6.45, 7) is 0. The third-order valence-corrected chi connectivity index (χ3v) is 5.84. The van der Waals surface area contributed by atoms with Crippen LogP contribution in [0.2, 0.25) is 0 Å². The number of sulfonamides is 1. The van der Waals surface area contributed by atoms with Gasteiger partial charge in [-0.15, -0.1) is 0 Å². The number of aromatic nitrogens is 2. The number of fused-ring (bicyclic) bond motifs is 1. The Morgan fingerprint density at radius 3 is 2.00 bits per heavy atom. The molecule has 3 aromatic rings. The van der Waals surface area contributed by atoms with Crippen molar-refractivity contribution in [1.29, 1.82) is 0 Å². The second-order valence-electron chi connectivity index (χ2n) is 5.95. The van der Waals surface area contributed by atoms with E-state index in [1.54, 1.807) is 18.8 Å². The summed E-state index contributed by atoms with van der Waals surface area (Å²) in [5.41, 5.74) is 4.08. The molecule has 5 nitrogen and oxygen atoms in total. The van der Waals surface area contributed by atoms with Gasteiger partial charge in [0.05, 0.1) is 11.0 Å². The van der Waals surface area contributed by atoms with Gasteiger partial charge in [0.1, 0.15) is 11.5 Å². The Bertz CT molecular complexity index is 1070. The van der Waals surface area contributed by atoms with Crippen LogP contribution >= 0.6 is 0 Å². The highest BCUT2D eigenvalue weighted by atomic mass is 32.2. The van der Waals surface area contributed by atoms with Crippen LogP contribution in [-0.4, -0.2) is 25.2 Å². The smallest absolute Gasteiger partial charge is 0.253 e. The van der Waals surface area contributed by atoms with Crippen LogP contribution in [0.5, 0.6) is 0 Å². The molecule has 2 aromatic carbocycles. The average Bonchev–Trinajstić information content (AvgIpc) is 2.97. The maximum atomic E-state index is 12.6. The zero-order valence-electron chi connectivity index (χ0n) is 13.9. The van der Waals surface area contributed by atoms with Crippen LogP contribution in [0.15, 0.2) is 66.1 Å². The molecule has 2 heterocycles. The monoisotopic (exact) mass is 351 g/mol. The van der Waals surface area contributed by atoms with Gasteiger partial charge >= 0.3 is 0 Å². The van der Waals surface area contributed by atoms with E-state index in [1.807, 2.05) is 60.7 Å². The minimum atomic E-state index is -3.55. The topological polar surface area (TPSA) is 55.2 Å². The summed E-state index contributed by atoms with van der Waals surface area (Å²) < 4.78 is 28.2. The lowest BCUT2D eigenvalue weighted by atomic mass is 9.96. The number of anilines is 1. The van der Waals surface area contributed by atoms with Crippen molar-refractivity contribution in [3.05, 3.63) is 77.2 Å². The van der Waals surface area contributed by atoms with Gasteiger partial charge in [0.25, 0.3) is 10.0 Å². The molecule has 0 unspecified atom stereocenters. The summed E-state index contributed by atoms with van der Waals surface area (Å²) in [5, 5.41) is 5.96. The van der Waals surface area contributed by atoms with Crippen LogP contribution < -0.4 is 4.31 Å². The summed E-state index contributed by atoms with van der Waals surface area (Å²) in [5.74, 6) is 0.570. The molecule has 0 atom stereocenters. The van der Waals surface area contributed by atoms with E-state index in [9.17, 15) is 8.42 Å². The second kappa shape index (κ2) is 5.60. The summed E-state index contributed by atoms with van der Waals surface area (Å²) in [7, 11) is -0.226. The third kappa shape index (κ3) is 2.46. The fraction of sp³-hybridized carbons (Fsp3) is 0.105. The first kappa shape index (κ1) is 15.7. The molecule has 126 valence electrons. The van der Waals surface area contributed by atoms with Gasteiger partial charge in [0.15, 0.2) is 0 Å². The van der Waals surface area contributed by atoms with Gasteiger partial charge in [-0.2, -0.15) is 5.10 Å². The lowest BCUT2D eigenvalue weighted by molar-refractivity contribution is 0.600. The molecule has 1 aromatic heterocycles. The fourth-order valence-electron chi connectivity index (χ4n) is 3.16. The molecule has 0 bridgehead atoms. The van der Waals surface area contributed by atoms with Gasteiger partial charge in [-0.1, -0.05) is 60.7 Å². The SMILES string of the molecule is CN1c2c(c(-c3ccccc3)nn2C)C(c2ccccc2)=CS1(=O)=O. The van der Waals surface area contributed by atoms with E-state index in [-0.39, 0.29) is 0 Å². The van der Waals surface area contributed by atoms with Crippen LogP contribution in [0.1, 0.15) is 11.1 Å². The van der Waals surface area contributed by atoms with Crippen molar-refractivity contribution in [2.24, 2.45) is 7.05 Å². The van der Waals surface area contributed by atoms with Crippen molar-refractivity contribution in [3.63, 3.8) is 0 Å². The fourth-order valence-corrected chi connectivity index (χ4v) is 4.32. The van der Waals surface area contributed by atoms with E-state index in [4.69, 9.17) is 0 Å². The van der Waals surface area contributed by atoms with Crippen molar-refractivity contribution in [3.8, 4) is 11.3 Å². The zero-order chi connectivity index (χ0) is 17.6. The Labute approximate surface area is 146 Å². The van der Waals surface area contributed by atoms with E-state index in [0.29, 0.717) is 11.4 Å². The Morgan fingerprint density at radius 2 is 1.40 bits per heavy atom. The van der Waals surface area contributed by atoms with Crippen LogP contribution in [0.25, 0.3) is 16.8 Å². The van der Waals surface area contributed by atoms with Crippen molar-refractivity contribution in [2.75, 3.05) is 11.4 Å². The van der Waals surface area contributed by atoms with Gasteiger partial charge in [0.2, 0.25) is 0 Å². The van der Waals surface area contributed by atoms with Crippen LogP contribution in [0.3, 0.4) is 0 Å². The summed E-state index contributed by atoms with van der Waals surface area (Å²) in [4.78, 5) is 0. The van der Waals surface area contributed by atoms with Crippen LogP contribution in [0, 0.1) is 0 Å². The molecular weight excluding hydrogens is 334 g/mol. The van der Waals surface area contributed by atoms with E-state index >= 15 is 0 Å². The zero-order valence-corrected chi connectivity index (χ0v) is 14.7. The maximum Gasteiger partial charge on any atom is 0.259 e. The Balaban J connectivity index is 2.06. The number of nitrogens with zero attached hydrogens (tertiary/aromatic N) is 3. The Hall–Kier alpha value is -2.86. The molecule has 0 spiro atoms. The van der Waals surface area contributed by atoms with Gasteiger partial charge in [-0.25, -0.2) is 8.42 Å². The first-order valence-corrected chi connectivity index (χ1v) is 9.38. The van der Waals surface area contributed by atoms with Crippen LogP contribution in [-0.2, 0) is 17.1 Å². The molecule has 0 saturated carbocycles. The molecule has 4 rings (SSSR count). The van der Waals surface area contributed by atoms with E-state index in [0.717, 1.165) is 22.4 Å². The lowest BCUT2D eigenvalue weighted by Gasteiger charge is -2.25. The molecule has 25 heavy (non-hydrogen) atoms. The van der Waals surface area contributed by atoms with E-state index < -0.39 is 10.0 Å². The molecular formula is C19H17N3O2S. The normalized spacial score (nSPS) is 15.6. The summed E-state index contributed by atoms with van der Waals surface area (Å²) >= 11 is 0. The van der Waals surface area contributed by atoms with Crippen molar-refractivity contribution < 1.29 is 8.42 Å². The number of rotatable bonds is 2. The predicted molar refractivity (Wildman–Crippen MR) is 99.5 cm³/mol. The molecule has 1 aliphatic heterocycles. The van der Waals surface area contributed by atoms with Gasteiger partial charge in [-0.3, -0.25) is 8.99 Å². The van der Waals surface area contributed by atoms with Gasteiger partial charge in [0, 0.05) is 25.2 Å². The van der Waals surface area contributed by atoms with Crippen molar-refractivity contribution in [2.45, 2.75) is 0 Å². The molecule has 0 saturated heterocycles. The molecule has 6 heteroatoms. The molecule has 0 aliphatic carbocycles. The number of benzene rings is 2. The third-order valence-electron chi connectivity index (χ3n) is 4.37. The number of hydrogen-bond acceptors (Lipinski definition) is 3. The van der Waals surface area contributed by atoms with Gasteiger partial charge < -0.3 is 0 Å². The van der Waals surface area contributed by atoms with Gasteiger partial charge in [-0.05, 0) is 5.56 Å². The van der Waals surface area contributed by atoms with E-state index in [2.05, 4.69) is 5.10 Å². The number of aryl methyl sites for hydroxylation is 1. The predicted octanol–water partition coefficient (Wildman–Crippen LogP) is 3.26. The molecule has 0 fully saturated rings. The highest BCUT2D eigenvalue weighted by Crippen LogP contribution is 2.43.